The van der Waals surface area contributed by atoms with Gasteiger partial charge in [-0.2, -0.15) is 0 Å². The normalized spacial score (nSPS) is 20.3. The van der Waals surface area contributed by atoms with Gasteiger partial charge in [-0.1, -0.05) is 6.07 Å². The monoisotopic (exact) mass is 375 g/mol. The third-order valence-corrected chi connectivity index (χ3v) is 4.81. The molecule has 1 fully saturated rings. The van der Waals surface area contributed by atoms with Crippen molar-refractivity contribution in [2.75, 3.05) is 19.6 Å². The Morgan fingerprint density at radius 1 is 1.19 bits per heavy atom. The second-order valence-corrected chi connectivity index (χ2v) is 6.65. The van der Waals surface area contributed by atoms with E-state index in [2.05, 4.69) is 10.3 Å². The van der Waals surface area contributed by atoms with Crippen molar-refractivity contribution in [2.24, 2.45) is 0 Å². The molecule has 2 atom stereocenters. The lowest BCUT2D eigenvalue weighted by Gasteiger charge is -2.28. The van der Waals surface area contributed by atoms with E-state index >= 15 is 0 Å². The Balaban J connectivity index is 1.35. The first-order chi connectivity index (χ1) is 13.0. The minimum atomic E-state index is -0.682. The van der Waals surface area contributed by atoms with Gasteiger partial charge in [0.1, 0.15) is 0 Å². The molecule has 27 heavy (non-hydrogen) atoms. The predicted molar refractivity (Wildman–Crippen MR) is 92.8 cm³/mol. The van der Waals surface area contributed by atoms with Crippen molar-refractivity contribution in [3.05, 3.63) is 53.4 Å². The molecule has 0 aliphatic carbocycles. The second-order valence-electron chi connectivity index (χ2n) is 6.65. The zero-order valence-electron chi connectivity index (χ0n) is 14.7. The van der Waals surface area contributed by atoms with E-state index in [1.807, 2.05) is 19.1 Å². The Kier molecular flexibility index (Phi) is 4.55. The smallest absolute Gasteiger partial charge is 0.317 e. The Labute approximate surface area is 155 Å². The summed E-state index contributed by atoms with van der Waals surface area (Å²) in [5.74, 6) is -1.83. The van der Waals surface area contributed by atoms with Crippen molar-refractivity contribution in [3.63, 3.8) is 0 Å². The number of nitrogens with one attached hydrogen (secondary N) is 1. The number of carbonyl (C=O) groups is 1. The fourth-order valence-electron chi connectivity index (χ4n) is 3.35. The van der Waals surface area contributed by atoms with Crippen molar-refractivity contribution in [3.8, 4) is 11.5 Å². The highest BCUT2D eigenvalue weighted by molar-refractivity contribution is 5.74. The SMILES string of the molecule is Cc1cccnc1CCNC(=O)N1C[C@@H]2Oc3c(F)ccc(F)c3O[C@@H]2C1. The van der Waals surface area contributed by atoms with Crippen LogP contribution in [0, 0.1) is 18.6 Å². The molecule has 4 rings (SSSR count). The first-order valence-electron chi connectivity index (χ1n) is 8.77. The van der Waals surface area contributed by atoms with Gasteiger partial charge in [-0.15, -0.1) is 0 Å². The van der Waals surface area contributed by atoms with Crippen LogP contribution in [0.2, 0.25) is 0 Å². The average Bonchev–Trinajstić information content (AvgIpc) is 3.08. The molecule has 0 spiro atoms. The highest BCUT2D eigenvalue weighted by Crippen LogP contribution is 2.40. The maximum Gasteiger partial charge on any atom is 0.317 e. The maximum absolute atomic E-state index is 13.9. The number of aryl methyl sites for hydroxylation is 1. The van der Waals surface area contributed by atoms with Crippen molar-refractivity contribution >= 4 is 6.03 Å². The molecular weight excluding hydrogens is 356 g/mol. The molecule has 8 heteroatoms. The number of aromatic nitrogens is 1. The van der Waals surface area contributed by atoms with Crippen LogP contribution in [0.25, 0.3) is 0 Å². The molecule has 2 amide bonds. The highest BCUT2D eigenvalue weighted by Gasteiger charge is 2.43. The number of benzene rings is 1. The third kappa shape index (κ3) is 3.39. The van der Waals surface area contributed by atoms with Crippen LogP contribution in [0.3, 0.4) is 0 Å². The minimum Gasteiger partial charge on any atom is -0.478 e. The number of nitrogens with zero attached hydrogens (tertiary/aromatic N) is 2. The van der Waals surface area contributed by atoms with E-state index in [0.717, 1.165) is 23.4 Å². The fraction of sp³-hybridized carbons (Fsp3) is 0.368. The van der Waals surface area contributed by atoms with Gasteiger partial charge in [0.15, 0.2) is 23.8 Å². The zero-order chi connectivity index (χ0) is 19.0. The lowest BCUT2D eigenvalue weighted by atomic mass is 10.2. The van der Waals surface area contributed by atoms with Gasteiger partial charge in [0.05, 0.1) is 13.1 Å². The zero-order valence-corrected chi connectivity index (χ0v) is 14.7. The lowest BCUT2D eigenvalue weighted by Crippen LogP contribution is -2.40. The topological polar surface area (TPSA) is 63.7 Å². The number of amides is 2. The molecule has 142 valence electrons. The van der Waals surface area contributed by atoms with E-state index in [-0.39, 0.29) is 30.6 Å². The average molecular weight is 375 g/mol. The quantitative estimate of drug-likeness (QED) is 0.895. The van der Waals surface area contributed by atoms with E-state index in [4.69, 9.17) is 9.47 Å². The maximum atomic E-state index is 13.9. The standard InChI is InChI=1S/C19H19F2N3O3/c1-11-3-2-7-22-14(11)6-8-23-19(25)24-9-15-16(10-24)27-18-13(21)5-4-12(20)17(18)26-15/h2-5,7,15-16H,6,8-10H2,1H3,(H,23,25)/t15-,16+. The first kappa shape index (κ1) is 17.5. The summed E-state index contributed by atoms with van der Waals surface area (Å²) in [5, 5.41) is 2.84. The van der Waals surface area contributed by atoms with E-state index in [0.29, 0.717) is 13.0 Å². The number of halogens is 2. The number of fused-ring (bicyclic) bond motifs is 2. The summed E-state index contributed by atoms with van der Waals surface area (Å²) < 4.78 is 38.8. The van der Waals surface area contributed by atoms with Gasteiger partial charge in [0.25, 0.3) is 0 Å². The summed E-state index contributed by atoms with van der Waals surface area (Å²) in [4.78, 5) is 18.2. The Hall–Kier alpha value is -2.90. The molecule has 1 N–H and O–H groups in total. The van der Waals surface area contributed by atoms with Gasteiger partial charge in [-0.05, 0) is 30.7 Å². The van der Waals surface area contributed by atoms with Crippen molar-refractivity contribution in [1.29, 1.82) is 0 Å². The van der Waals surface area contributed by atoms with Gasteiger partial charge in [-0.3, -0.25) is 4.98 Å². The first-order valence-corrected chi connectivity index (χ1v) is 8.77. The number of carbonyl (C=O) groups excluding carboxylic acids is 1. The molecule has 1 saturated heterocycles. The lowest BCUT2D eigenvalue weighted by molar-refractivity contribution is 0.0467. The van der Waals surface area contributed by atoms with Gasteiger partial charge in [-0.25, -0.2) is 13.6 Å². The van der Waals surface area contributed by atoms with Crippen LogP contribution in [0.1, 0.15) is 11.3 Å². The summed E-state index contributed by atoms with van der Waals surface area (Å²) >= 11 is 0. The van der Waals surface area contributed by atoms with Crippen LogP contribution in [0.15, 0.2) is 30.5 Å². The van der Waals surface area contributed by atoms with E-state index in [1.165, 1.54) is 4.90 Å². The molecule has 2 aromatic rings. The van der Waals surface area contributed by atoms with E-state index in [9.17, 15) is 13.6 Å². The summed E-state index contributed by atoms with van der Waals surface area (Å²) in [6, 6.07) is 5.57. The van der Waals surface area contributed by atoms with Gasteiger partial charge in [0, 0.05) is 24.9 Å². The molecule has 0 saturated carbocycles. The molecule has 3 heterocycles. The van der Waals surface area contributed by atoms with Crippen LogP contribution in [-0.4, -0.2) is 47.8 Å². The number of rotatable bonds is 3. The number of likely N-dealkylation sites (tertiary alicyclic amines) is 1. The minimum absolute atomic E-state index is 0.232. The molecule has 1 aromatic carbocycles. The largest absolute Gasteiger partial charge is 0.478 e. The number of hydrogen-bond donors (Lipinski definition) is 1. The number of ether oxygens (including phenoxy) is 2. The molecule has 2 aliphatic heterocycles. The number of hydrogen-bond acceptors (Lipinski definition) is 4. The summed E-state index contributed by atoms with van der Waals surface area (Å²) in [7, 11) is 0. The predicted octanol–water partition coefficient (Wildman–Crippen LogP) is 2.44. The van der Waals surface area contributed by atoms with E-state index in [1.54, 1.807) is 6.20 Å². The van der Waals surface area contributed by atoms with Crippen LogP contribution in [0.4, 0.5) is 13.6 Å². The molecular formula is C19H19F2N3O3. The molecule has 1 aromatic heterocycles. The summed E-state index contributed by atoms with van der Waals surface area (Å²) in [6.45, 7) is 2.90. The van der Waals surface area contributed by atoms with Gasteiger partial charge >= 0.3 is 6.03 Å². The van der Waals surface area contributed by atoms with Crippen LogP contribution >= 0.6 is 0 Å². The summed E-state index contributed by atoms with van der Waals surface area (Å²) in [5.41, 5.74) is 2.00. The Morgan fingerprint density at radius 3 is 2.41 bits per heavy atom. The number of urea groups is 1. The highest BCUT2D eigenvalue weighted by atomic mass is 19.1. The van der Waals surface area contributed by atoms with Crippen molar-refractivity contribution in [2.45, 2.75) is 25.6 Å². The van der Waals surface area contributed by atoms with Crippen molar-refractivity contribution in [1.82, 2.24) is 15.2 Å². The Bertz CT molecular complexity index is 838. The summed E-state index contributed by atoms with van der Waals surface area (Å²) in [6.07, 6.45) is 1.28. The van der Waals surface area contributed by atoms with Crippen molar-refractivity contribution < 1.29 is 23.0 Å². The molecule has 0 unspecified atom stereocenters. The third-order valence-electron chi connectivity index (χ3n) is 4.81. The fourth-order valence-corrected chi connectivity index (χ4v) is 3.35. The van der Waals surface area contributed by atoms with Crippen LogP contribution in [-0.2, 0) is 6.42 Å². The number of pyridine rings is 1. The van der Waals surface area contributed by atoms with E-state index < -0.39 is 23.8 Å². The molecule has 0 radical (unpaired) electrons. The Morgan fingerprint density at radius 2 is 1.81 bits per heavy atom. The molecule has 6 nitrogen and oxygen atoms in total. The molecule has 2 aliphatic rings. The second kappa shape index (κ2) is 7.02. The molecule has 0 bridgehead atoms. The van der Waals surface area contributed by atoms with Gasteiger partial charge in [0.2, 0.25) is 11.5 Å². The van der Waals surface area contributed by atoms with Crippen LogP contribution in [0.5, 0.6) is 11.5 Å². The van der Waals surface area contributed by atoms with Crippen LogP contribution < -0.4 is 14.8 Å². The van der Waals surface area contributed by atoms with Gasteiger partial charge < -0.3 is 19.7 Å².